The van der Waals surface area contributed by atoms with E-state index >= 15 is 0 Å². The smallest absolute Gasteiger partial charge is 0.179 e. The molecular formula is C19H24ClNO2S. The van der Waals surface area contributed by atoms with Gasteiger partial charge in [0.1, 0.15) is 0 Å². The van der Waals surface area contributed by atoms with Crippen LogP contribution in [0, 0.1) is 0 Å². The maximum atomic E-state index is 12.3. The van der Waals surface area contributed by atoms with Gasteiger partial charge in [0, 0.05) is 17.6 Å². The molecular weight excluding hydrogens is 342 g/mol. The molecule has 0 radical (unpaired) electrons. The summed E-state index contributed by atoms with van der Waals surface area (Å²) in [6.07, 6.45) is 0. The summed E-state index contributed by atoms with van der Waals surface area (Å²) in [5.41, 5.74) is 2.46. The normalized spacial score (nSPS) is 13.2. The highest BCUT2D eigenvalue weighted by Crippen LogP contribution is 2.19. The Morgan fingerprint density at radius 3 is 2.00 bits per heavy atom. The third kappa shape index (κ3) is 5.07. The molecule has 0 heterocycles. The fourth-order valence-corrected chi connectivity index (χ4v) is 3.76. The second-order valence-electron chi connectivity index (χ2n) is 6.27. The molecule has 3 nitrogen and oxygen atoms in total. The molecule has 1 atom stereocenters. The van der Waals surface area contributed by atoms with Crippen LogP contribution in [0.2, 0.25) is 5.02 Å². The maximum Gasteiger partial charge on any atom is 0.179 e. The van der Waals surface area contributed by atoms with Crippen molar-refractivity contribution < 1.29 is 8.42 Å². The molecule has 0 fully saturated rings. The first-order chi connectivity index (χ1) is 11.3. The van der Waals surface area contributed by atoms with E-state index in [2.05, 4.69) is 43.4 Å². The number of hydrogen-bond donors (Lipinski definition) is 1. The largest absolute Gasteiger partial charge is 0.309 e. The molecule has 0 saturated heterocycles. The molecule has 0 aromatic heterocycles. The molecule has 0 aliphatic carbocycles. The van der Waals surface area contributed by atoms with Crippen molar-refractivity contribution in [2.75, 3.05) is 12.3 Å². The second kappa shape index (κ2) is 8.15. The van der Waals surface area contributed by atoms with E-state index in [0.29, 0.717) is 22.4 Å². The Kier molecular flexibility index (Phi) is 6.44. The molecule has 0 saturated carbocycles. The van der Waals surface area contributed by atoms with Gasteiger partial charge in [-0.25, -0.2) is 8.42 Å². The third-order valence-electron chi connectivity index (χ3n) is 4.10. The van der Waals surface area contributed by atoms with Gasteiger partial charge in [-0.2, -0.15) is 0 Å². The number of rotatable bonds is 7. The SMILES string of the molecule is CC(C)c1ccc(C(C)NCCS(=O)(=O)c2ccc(Cl)cc2)cc1. The Balaban J connectivity index is 1.92. The molecule has 24 heavy (non-hydrogen) atoms. The fraction of sp³-hybridized carbons (Fsp3) is 0.368. The van der Waals surface area contributed by atoms with Crippen LogP contribution in [0.25, 0.3) is 0 Å². The zero-order chi connectivity index (χ0) is 17.7. The summed E-state index contributed by atoms with van der Waals surface area (Å²) >= 11 is 5.80. The van der Waals surface area contributed by atoms with Gasteiger partial charge >= 0.3 is 0 Å². The van der Waals surface area contributed by atoms with Crippen LogP contribution < -0.4 is 5.32 Å². The summed E-state index contributed by atoms with van der Waals surface area (Å²) in [6.45, 7) is 6.77. The molecule has 0 aliphatic heterocycles. The van der Waals surface area contributed by atoms with Crippen LogP contribution in [0.15, 0.2) is 53.4 Å². The Bertz CT molecular complexity index is 753. The maximum absolute atomic E-state index is 12.3. The molecule has 2 aromatic rings. The first kappa shape index (κ1) is 19.0. The quantitative estimate of drug-likeness (QED) is 0.780. The summed E-state index contributed by atoms with van der Waals surface area (Å²) in [5.74, 6) is 0.565. The number of sulfone groups is 1. The van der Waals surface area contributed by atoms with Crippen LogP contribution in [0.4, 0.5) is 0 Å². The third-order valence-corrected chi connectivity index (χ3v) is 6.08. The van der Waals surface area contributed by atoms with Crippen LogP contribution in [-0.2, 0) is 9.84 Å². The highest BCUT2D eigenvalue weighted by molar-refractivity contribution is 7.91. The molecule has 0 amide bonds. The minimum Gasteiger partial charge on any atom is -0.309 e. The Labute approximate surface area is 150 Å². The van der Waals surface area contributed by atoms with Crippen molar-refractivity contribution in [3.63, 3.8) is 0 Å². The van der Waals surface area contributed by atoms with E-state index in [1.54, 1.807) is 24.3 Å². The average Bonchev–Trinajstić information content (AvgIpc) is 2.55. The number of nitrogens with one attached hydrogen (secondary N) is 1. The van der Waals surface area contributed by atoms with Crippen LogP contribution in [0.5, 0.6) is 0 Å². The summed E-state index contributed by atoms with van der Waals surface area (Å²) in [7, 11) is -3.29. The Hall–Kier alpha value is -1.36. The van der Waals surface area contributed by atoms with Gasteiger partial charge in [0.05, 0.1) is 10.6 Å². The summed E-state index contributed by atoms with van der Waals surface area (Å²) in [5, 5.41) is 3.81. The summed E-state index contributed by atoms with van der Waals surface area (Å²) < 4.78 is 24.6. The van der Waals surface area contributed by atoms with Crippen molar-refractivity contribution in [3.05, 3.63) is 64.7 Å². The zero-order valence-electron chi connectivity index (χ0n) is 14.3. The van der Waals surface area contributed by atoms with E-state index in [4.69, 9.17) is 11.6 Å². The molecule has 5 heteroatoms. The molecule has 130 valence electrons. The molecule has 2 rings (SSSR count). The molecule has 0 bridgehead atoms. The van der Waals surface area contributed by atoms with Gasteiger partial charge in [-0.05, 0) is 48.2 Å². The van der Waals surface area contributed by atoms with Crippen LogP contribution in [-0.4, -0.2) is 20.7 Å². The van der Waals surface area contributed by atoms with Crippen molar-refractivity contribution in [1.82, 2.24) is 5.32 Å². The van der Waals surface area contributed by atoms with Gasteiger partial charge in [-0.1, -0.05) is 49.7 Å². The van der Waals surface area contributed by atoms with Crippen LogP contribution >= 0.6 is 11.6 Å². The summed E-state index contributed by atoms with van der Waals surface area (Å²) in [6, 6.07) is 14.8. The van der Waals surface area contributed by atoms with E-state index in [9.17, 15) is 8.42 Å². The number of halogens is 1. The highest BCUT2D eigenvalue weighted by Gasteiger charge is 2.15. The minimum absolute atomic E-state index is 0.0586. The van der Waals surface area contributed by atoms with Crippen molar-refractivity contribution in [1.29, 1.82) is 0 Å². The predicted molar refractivity (Wildman–Crippen MR) is 100 cm³/mol. The minimum atomic E-state index is -3.29. The molecule has 0 spiro atoms. The number of hydrogen-bond acceptors (Lipinski definition) is 3. The lowest BCUT2D eigenvalue weighted by Crippen LogP contribution is -2.25. The van der Waals surface area contributed by atoms with Crippen molar-refractivity contribution in [3.8, 4) is 0 Å². The predicted octanol–water partition coefficient (Wildman–Crippen LogP) is 4.59. The lowest BCUT2D eigenvalue weighted by atomic mass is 10.00. The zero-order valence-corrected chi connectivity index (χ0v) is 15.9. The van der Waals surface area contributed by atoms with E-state index in [1.165, 1.54) is 5.56 Å². The topological polar surface area (TPSA) is 46.2 Å². The fourth-order valence-electron chi connectivity index (χ4n) is 2.46. The number of benzene rings is 2. The van der Waals surface area contributed by atoms with E-state index in [-0.39, 0.29) is 11.8 Å². The van der Waals surface area contributed by atoms with Crippen LogP contribution in [0.3, 0.4) is 0 Å². The first-order valence-electron chi connectivity index (χ1n) is 8.11. The van der Waals surface area contributed by atoms with E-state index < -0.39 is 9.84 Å². The standard InChI is InChI=1S/C19H24ClNO2S/c1-14(2)16-4-6-17(7-5-16)15(3)21-12-13-24(22,23)19-10-8-18(20)9-11-19/h4-11,14-15,21H,12-13H2,1-3H3. The van der Waals surface area contributed by atoms with Gasteiger partial charge in [0.25, 0.3) is 0 Å². The van der Waals surface area contributed by atoms with Gasteiger partial charge in [0.2, 0.25) is 0 Å². The Morgan fingerprint density at radius 1 is 0.917 bits per heavy atom. The Morgan fingerprint density at radius 2 is 1.46 bits per heavy atom. The first-order valence-corrected chi connectivity index (χ1v) is 10.1. The summed E-state index contributed by atoms with van der Waals surface area (Å²) in [4.78, 5) is 0.308. The average molecular weight is 366 g/mol. The highest BCUT2D eigenvalue weighted by atomic mass is 35.5. The van der Waals surface area contributed by atoms with E-state index in [1.807, 2.05) is 6.92 Å². The lowest BCUT2D eigenvalue weighted by Gasteiger charge is -2.15. The molecule has 2 aromatic carbocycles. The van der Waals surface area contributed by atoms with Crippen molar-refractivity contribution in [2.24, 2.45) is 0 Å². The van der Waals surface area contributed by atoms with Gasteiger partial charge in [-0.15, -0.1) is 0 Å². The monoisotopic (exact) mass is 365 g/mol. The van der Waals surface area contributed by atoms with Crippen molar-refractivity contribution >= 4 is 21.4 Å². The molecule has 1 N–H and O–H groups in total. The lowest BCUT2D eigenvalue weighted by molar-refractivity contribution is 0.572. The molecule has 1 unspecified atom stereocenters. The van der Waals surface area contributed by atoms with Gasteiger partial charge < -0.3 is 5.32 Å². The van der Waals surface area contributed by atoms with Crippen molar-refractivity contribution in [2.45, 2.75) is 37.6 Å². The van der Waals surface area contributed by atoms with E-state index in [0.717, 1.165) is 5.56 Å². The van der Waals surface area contributed by atoms with Crippen LogP contribution in [0.1, 0.15) is 43.9 Å². The second-order valence-corrected chi connectivity index (χ2v) is 8.82. The van der Waals surface area contributed by atoms with Gasteiger partial charge in [-0.3, -0.25) is 0 Å². The van der Waals surface area contributed by atoms with Gasteiger partial charge in [0.15, 0.2) is 9.84 Å². The molecule has 0 aliphatic rings.